The molecule has 2 aromatic carbocycles. The lowest BCUT2D eigenvalue weighted by Gasteiger charge is -2.12. The Kier molecular flexibility index (Phi) is 5.56. The molecular formula is C20H23NO4. The van der Waals surface area contributed by atoms with E-state index in [1.165, 1.54) is 5.56 Å². The van der Waals surface area contributed by atoms with Crippen molar-refractivity contribution in [2.45, 2.75) is 32.3 Å². The Morgan fingerprint density at radius 3 is 2.68 bits per heavy atom. The SMILES string of the molecule is CCCc1ccc(C(=O)NCCC(O)c2ccc3c(c2)OCO3)cc1. The van der Waals surface area contributed by atoms with Gasteiger partial charge in [0.2, 0.25) is 6.79 Å². The van der Waals surface area contributed by atoms with Gasteiger partial charge in [0, 0.05) is 12.1 Å². The van der Waals surface area contributed by atoms with Gasteiger partial charge in [0.1, 0.15) is 0 Å². The van der Waals surface area contributed by atoms with Crippen LogP contribution >= 0.6 is 0 Å². The van der Waals surface area contributed by atoms with E-state index in [0.29, 0.717) is 30.0 Å². The second-order valence-electron chi connectivity index (χ2n) is 6.12. The number of benzene rings is 2. The molecule has 2 aromatic rings. The molecule has 0 radical (unpaired) electrons. The molecular weight excluding hydrogens is 318 g/mol. The highest BCUT2D eigenvalue weighted by Gasteiger charge is 2.16. The molecule has 0 aromatic heterocycles. The maximum absolute atomic E-state index is 12.2. The van der Waals surface area contributed by atoms with Gasteiger partial charge in [-0.3, -0.25) is 4.79 Å². The summed E-state index contributed by atoms with van der Waals surface area (Å²) in [5.74, 6) is 1.21. The fourth-order valence-corrected chi connectivity index (χ4v) is 2.82. The number of nitrogens with one attached hydrogen (secondary N) is 1. The molecule has 1 heterocycles. The van der Waals surface area contributed by atoms with E-state index < -0.39 is 6.10 Å². The average Bonchev–Trinajstić information content (AvgIpc) is 3.10. The zero-order valence-electron chi connectivity index (χ0n) is 14.3. The minimum Gasteiger partial charge on any atom is -0.454 e. The fourth-order valence-electron chi connectivity index (χ4n) is 2.82. The molecule has 1 aliphatic heterocycles. The van der Waals surface area contributed by atoms with Gasteiger partial charge in [-0.25, -0.2) is 0 Å². The molecule has 0 bridgehead atoms. The monoisotopic (exact) mass is 341 g/mol. The highest BCUT2D eigenvalue weighted by Crippen LogP contribution is 2.34. The highest BCUT2D eigenvalue weighted by atomic mass is 16.7. The van der Waals surface area contributed by atoms with Gasteiger partial charge in [0.25, 0.3) is 5.91 Å². The van der Waals surface area contributed by atoms with Gasteiger partial charge in [0.15, 0.2) is 11.5 Å². The summed E-state index contributed by atoms with van der Waals surface area (Å²) in [7, 11) is 0. The van der Waals surface area contributed by atoms with Gasteiger partial charge in [-0.15, -0.1) is 0 Å². The number of carbonyl (C=O) groups excluding carboxylic acids is 1. The summed E-state index contributed by atoms with van der Waals surface area (Å²) >= 11 is 0. The summed E-state index contributed by atoms with van der Waals surface area (Å²) in [6.45, 7) is 2.74. The molecule has 0 fully saturated rings. The van der Waals surface area contributed by atoms with Crippen LogP contribution in [0.1, 0.15) is 47.4 Å². The normalized spacial score (nSPS) is 13.5. The third kappa shape index (κ3) is 4.31. The molecule has 1 atom stereocenters. The first-order valence-corrected chi connectivity index (χ1v) is 8.62. The van der Waals surface area contributed by atoms with Crippen LogP contribution in [0.2, 0.25) is 0 Å². The van der Waals surface area contributed by atoms with Crippen molar-refractivity contribution in [2.75, 3.05) is 13.3 Å². The van der Waals surface area contributed by atoms with Crippen molar-refractivity contribution in [3.8, 4) is 11.5 Å². The van der Waals surface area contributed by atoms with E-state index in [9.17, 15) is 9.90 Å². The zero-order chi connectivity index (χ0) is 17.6. The molecule has 25 heavy (non-hydrogen) atoms. The van der Waals surface area contributed by atoms with Crippen LogP contribution in [0.3, 0.4) is 0 Å². The number of aryl methyl sites for hydroxylation is 1. The predicted octanol–water partition coefficient (Wildman–Crippen LogP) is 3.22. The van der Waals surface area contributed by atoms with Crippen LogP contribution in [0.25, 0.3) is 0 Å². The molecule has 132 valence electrons. The Morgan fingerprint density at radius 2 is 1.92 bits per heavy atom. The van der Waals surface area contributed by atoms with Crippen LogP contribution in [-0.4, -0.2) is 24.4 Å². The van der Waals surface area contributed by atoms with E-state index in [0.717, 1.165) is 18.4 Å². The Labute approximate surface area is 147 Å². The second-order valence-corrected chi connectivity index (χ2v) is 6.12. The standard InChI is InChI=1S/C20H23NO4/c1-2-3-14-4-6-15(7-5-14)20(23)21-11-10-17(22)16-8-9-18-19(12-16)25-13-24-18/h4-9,12,17,22H,2-3,10-11,13H2,1H3,(H,21,23). The molecule has 1 amide bonds. The Bertz CT molecular complexity index is 727. The van der Waals surface area contributed by atoms with E-state index in [-0.39, 0.29) is 12.7 Å². The van der Waals surface area contributed by atoms with Crippen molar-refractivity contribution in [1.82, 2.24) is 5.32 Å². The number of ether oxygens (including phenoxy) is 2. The van der Waals surface area contributed by atoms with E-state index >= 15 is 0 Å². The van der Waals surface area contributed by atoms with Gasteiger partial charge in [-0.05, 0) is 48.2 Å². The van der Waals surface area contributed by atoms with E-state index in [1.54, 1.807) is 12.1 Å². The van der Waals surface area contributed by atoms with Crippen LogP contribution in [-0.2, 0) is 6.42 Å². The number of hydrogen-bond donors (Lipinski definition) is 2. The molecule has 2 N–H and O–H groups in total. The molecule has 0 saturated carbocycles. The van der Waals surface area contributed by atoms with Crippen molar-refractivity contribution in [3.05, 3.63) is 59.2 Å². The summed E-state index contributed by atoms with van der Waals surface area (Å²) < 4.78 is 10.6. The fraction of sp³-hybridized carbons (Fsp3) is 0.350. The average molecular weight is 341 g/mol. The molecule has 1 aliphatic rings. The van der Waals surface area contributed by atoms with E-state index in [1.807, 2.05) is 30.3 Å². The summed E-state index contributed by atoms with van der Waals surface area (Å²) in [4.78, 5) is 12.2. The Hall–Kier alpha value is -2.53. The molecule has 0 spiro atoms. The predicted molar refractivity (Wildman–Crippen MR) is 94.9 cm³/mol. The number of carbonyl (C=O) groups is 1. The van der Waals surface area contributed by atoms with Crippen molar-refractivity contribution in [3.63, 3.8) is 0 Å². The van der Waals surface area contributed by atoms with Gasteiger partial charge >= 0.3 is 0 Å². The lowest BCUT2D eigenvalue weighted by Crippen LogP contribution is -2.25. The minimum absolute atomic E-state index is 0.124. The maximum atomic E-state index is 12.2. The smallest absolute Gasteiger partial charge is 0.251 e. The van der Waals surface area contributed by atoms with Gasteiger partial charge < -0.3 is 19.9 Å². The third-order valence-corrected chi connectivity index (χ3v) is 4.24. The largest absolute Gasteiger partial charge is 0.454 e. The van der Waals surface area contributed by atoms with Gasteiger partial charge in [-0.1, -0.05) is 31.5 Å². The molecule has 1 unspecified atom stereocenters. The molecule has 5 heteroatoms. The van der Waals surface area contributed by atoms with Crippen molar-refractivity contribution in [1.29, 1.82) is 0 Å². The zero-order valence-corrected chi connectivity index (χ0v) is 14.3. The van der Waals surface area contributed by atoms with Crippen molar-refractivity contribution in [2.24, 2.45) is 0 Å². The summed E-state index contributed by atoms with van der Waals surface area (Å²) in [5, 5.41) is 13.1. The lowest BCUT2D eigenvalue weighted by molar-refractivity contribution is 0.0942. The van der Waals surface area contributed by atoms with Crippen molar-refractivity contribution < 1.29 is 19.4 Å². The number of amides is 1. The number of fused-ring (bicyclic) bond motifs is 1. The molecule has 3 rings (SSSR count). The van der Waals surface area contributed by atoms with Crippen LogP contribution in [0.15, 0.2) is 42.5 Å². The second kappa shape index (κ2) is 8.03. The first kappa shape index (κ1) is 17.3. The molecule has 0 aliphatic carbocycles. The highest BCUT2D eigenvalue weighted by molar-refractivity contribution is 5.94. The Morgan fingerprint density at radius 1 is 1.16 bits per heavy atom. The first-order chi connectivity index (χ1) is 12.2. The summed E-state index contributed by atoms with van der Waals surface area (Å²) in [6, 6.07) is 13.0. The maximum Gasteiger partial charge on any atom is 0.251 e. The van der Waals surface area contributed by atoms with Crippen LogP contribution in [0.5, 0.6) is 11.5 Å². The van der Waals surface area contributed by atoms with Gasteiger partial charge in [0.05, 0.1) is 6.10 Å². The number of rotatable bonds is 7. The third-order valence-electron chi connectivity index (χ3n) is 4.24. The first-order valence-electron chi connectivity index (χ1n) is 8.62. The summed E-state index contributed by atoms with van der Waals surface area (Å²) in [6.07, 6.45) is 1.87. The van der Waals surface area contributed by atoms with E-state index in [2.05, 4.69) is 12.2 Å². The molecule has 0 saturated heterocycles. The topological polar surface area (TPSA) is 67.8 Å². The lowest BCUT2D eigenvalue weighted by atomic mass is 10.1. The van der Waals surface area contributed by atoms with Gasteiger partial charge in [-0.2, -0.15) is 0 Å². The van der Waals surface area contributed by atoms with E-state index in [4.69, 9.17) is 9.47 Å². The van der Waals surface area contributed by atoms with Crippen LogP contribution in [0.4, 0.5) is 0 Å². The number of aliphatic hydroxyl groups is 1. The Balaban J connectivity index is 1.49. The minimum atomic E-state index is -0.665. The quantitative estimate of drug-likeness (QED) is 0.811. The summed E-state index contributed by atoms with van der Waals surface area (Å²) in [5.41, 5.74) is 2.62. The number of aliphatic hydroxyl groups excluding tert-OH is 1. The van der Waals surface area contributed by atoms with Crippen LogP contribution < -0.4 is 14.8 Å². The molecule has 5 nitrogen and oxygen atoms in total. The van der Waals surface area contributed by atoms with Crippen molar-refractivity contribution >= 4 is 5.91 Å². The number of hydrogen-bond acceptors (Lipinski definition) is 4. The van der Waals surface area contributed by atoms with Crippen LogP contribution in [0, 0.1) is 0 Å².